The molecule has 2 N–H and O–H groups in total. The molecule has 0 saturated carbocycles. The molecule has 0 unspecified atom stereocenters. The topological polar surface area (TPSA) is 67.1 Å². The van der Waals surface area contributed by atoms with Crippen LogP contribution in [0.5, 0.6) is 0 Å². The highest BCUT2D eigenvalue weighted by molar-refractivity contribution is 5.79. The predicted octanol–water partition coefficient (Wildman–Crippen LogP) is 3.28. The molecule has 0 saturated heterocycles. The van der Waals surface area contributed by atoms with E-state index in [4.69, 9.17) is 0 Å². The van der Waals surface area contributed by atoms with Crippen molar-refractivity contribution in [2.75, 3.05) is 6.54 Å². The monoisotopic (exact) mass is 380 g/mol. The summed E-state index contributed by atoms with van der Waals surface area (Å²) in [5, 5.41) is 10.9. The van der Waals surface area contributed by atoms with E-state index in [0.29, 0.717) is 19.0 Å². The van der Waals surface area contributed by atoms with E-state index in [1.54, 1.807) is 12.1 Å². The molecule has 2 heterocycles. The van der Waals surface area contributed by atoms with Crippen LogP contribution in [0, 0.1) is 19.7 Å². The first-order valence-electron chi connectivity index (χ1n) is 9.30. The highest BCUT2D eigenvalue weighted by Gasteiger charge is 2.05. The number of nitrogens with zero attached hydrogens (tertiary/aromatic N) is 4. The number of guanidine groups is 1. The van der Waals surface area contributed by atoms with Gasteiger partial charge in [0.15, 0.2) is 11.8 Å². The number of aliphatic imine (C=N–C) groups is 1. The van der Waals surface area contributed by atoms with Crippen LogP contribution >= 0.6 is 0 Å². The molecule has 0 amide bonds. The number of aryl methyl sites for hydroxylation is 2. The third-order valence-electron chi connectivity index (χ3n) is 4.17. The van der Waals surface area contributed by atoms with E-state index < -0.39 is 0 Å². The number of pyridine rings is 1. The molecule has 28 heavy (non-hydrogen) atoms. The Labute approximate surface area is 164 Å². The average molecular weight is 380 g/mol. The van der Waals surface area contributed by atoms with Gasteiger partial charge in [0.1, 0.15) is 5.82 Å². The summed E-state index contributed by atoms with van der Waals surface area (Å²) in [7, 11) is 0. The second-order valence-corrected chi connectivity index (χ2v) is 6.54. The molecule has 0 atom stereocenters. The second-order valence-electron chi connectivity index (χ2n) is 6.54. The van der Waals surface area contributed by atoms with Crippen molar-refractivity contribution in [1.29, 1.82) is 0 Å². The molecule has 6 nitrogen and oxygen atoms in total. The van der Waals surface area contributed by atoms with Crippen LogP contribution in [0.4, 0.5) is 4.39 Å². The van der Waals surface area contributed by atoms with E-state index in [-0.39, 0.29) is 5.82 Å². The average Bonchev–Trinajstić information content (AvgIpc) is 3.04. The fourth-order valence-corrected chi connectivity index (χ4v) is 2.80. The Morgan fingerprint density at radius 1 is 1.07 bits per heavy atom. The lowest BCUT2D eigenvalue weighted by atomic mass is 10.2. The Bertz CT molecular complexity index is 929. The third kappa shape index (κ3) is 5.16. The number of benzene rings is 1. The smallest absolute Gasteiger partial charge is 0.191 e. The van der Waals surface area contributed by atoms with Gasteiger partial charge in [0.2, 0.25) is 0 Å². The molecule has 2 aromatic heterocycles. The van der Waals surface area contributed by atoms with E-state index in [1.807, 2.05) is 49.8 Å². The summed E-state index contributed by atoms with van der Waals surface area (Å²) in [5.41, 5.74) is 4.01. The fraction of sp³-hybridized carbons (Fsp3) is 0.286. The van der Waals surface area contributed by atoms with E-state index in [9.17, 15) is 4.39 Å². The van der Waals surface area contributed by atoms with Gasteiger partial charge in [0.05, 0.1) is 12.2 Å². The molecule has 0 spiro atoms. The van der Waals surface area contributed by atoms with Crippen molar-refractivity contribution in [1.82, 2.24) is 25.4 Å². The largest absolute Gasteiger partial charge is 0.357 e. The SMILES string of the molecule is CCNC(=NCc1ccc(-n2nc(C)cc2C)nc1)NCc1ccc(F)cc1. The zero-order valence-electron chi connectivity index (χ0n) is 16.4. The predicted molar refractivity (Wildman–Crippen MR) is 109 cm³/mol. The molecule has 0 bridgehead atoms. The molecule has 0 aliphatic rings. The lowest BCUT2D eigenvalue weighted by Crippen LogP contribution is -2.36. The van der Waals surface area contributed by atoms with E-state index >= 15 is 0 Å². The summed E-state index contributed by atoms with van der Waals surface area (Å²) in [6.07, 6.45) is 1.82. The van der Waals surface area contributed by atoms with E-state index in [0.717, 1.165) is 34.9 Å². The maximum absolute atomic E-state index is 13.0. The maximum atomic E-state index is 13.0. The van der Waals surface area contributed by atoms with Crippen LogP contribution in [0.15, 0.2) is 53.7 Å². The van der Waals surface area contributed by atoms with Crippen molar-refractivity contribution >= 4 is 5.96 Å². The molecule has 0 aliphatic heterocycles. The third-order valence-corrected chi connectivity index (χ3v) is 4.17. The highest BCUT2D eigenvalue weighted by Crippen LogP contribution is 2.10. The van der Waals surface area contributed by atoms with Crippen LogP contribution in [-0.4, -0.2) is 27.3 Å². The van der Waals surface area contributed by atoms with Gasteiger partial charge in [-0.3, -0.25) is 0 Å². The van der Waals surface area contributed by atoms with Gasteiger partial charge in [-0.05, 0) is 56.2 Å². The summed E-state index contributed by atoms with van der Waals surface area (Å²) < 4.78 is 14.8. The quantitative estimate of drug-likeness (QED) is 0.509. The van der Waals surface area contributed by atoms with E-state index in [1.165, 1.54) is 12.1 Å². The first kappa shape index (κ1) is 19.5. The lowest BCUT2D eigenvalue weighted by molar-refractivity contribution is 0.626. The summed E-state index contributed by atoms with van der Waals surface area (Å²) in [6.45, 7) is 7.82. The maximum Gasteiger partial charge on any atom is 0.191 e. The molecule has 0 radical (unpaired) electrons. The van der Waals surface area contributed by atoms with Crippen LogP contribution in [-0.2, 0) is 13.1 Å². The first-order chi connectivity index (χ1) is 13.5. The van der Waals surface area contributed by atoms with Crippen LogP contribution < -0.4 is 10.6 Å². The Balaban J connectivity index is 1.63. The molecule has 0 fully saturated rings. The number of hydrogen-bond donors (Lipinski definition) is 2. The summed E-state index contributed by atoms with van der Waals surface area (Å²) >= 11 is 0. The van der Waals surface area contributed by atoms with Gasteiger partial charge in [0.25, 0.3) is 0 Å². The zero-order valence-corrected chi connectivity index (χ0v) is 16.4. The van der Waals surface area contributed by atoms with Crippen LogP contribution in [0.25, 0.3) is 5.82 Å². The second kappa shape index (κ2) is 9.12. The van der Waals surface area contributed by atoms with Crippen molar-refractivity contribution in [3.63, 3.8) is 0 Å². The molecule has 3 rings (SSSR count). The normalized spacial score (nSPS) is 11.5. The van der Waals surface area contributed by atoms with Crippen molar-refractivity contribution in [3.8, 4) is 5.82 Å². The minimum atomic E-state index is -0.235. The van der Waals surface area contributed by atoms with Gasteiger partial charge in [-0.25, -0.2) is 19.0 Å². The van der Waals surface area contributed by atoms with E-state index in [2.05, 4.69) is 25.7 Å². The van der Waals surface area contributed by atoms with Crippen molar-refractivity contribution in [2.24, 2.45) is 4.99 Å². The Morgan fingerprint density at radius 3 is 2.43 bits per heavy atom. The number of rotatable bonds is 6. The summed E-state index contributed by atoms with van der Waals surface area (Å²) in [4.78, 5) is 9.10. The minimum Gasteiger partial charge on any atom is -0.357 e. The van der Waals surface area contributed by atoms with Gasteiger partial charge in [-0.15, -0.1) is 0 Å². The number of hydrogen-bond acceptors (Lipinski definition) is 3. The zero-order chi connectivity index (χ0) is 19.9. The van der Waals surface area contributed by atoms with Gasteiger partial charge >= 0.3 is 0 Å². The molecule has 7 heteroatoms. The van der Waals surface area contributed by atoms with Crippen LogP contribution in [0.3, 0.4) is 0 Å². The number of nitrogens with one attached hydrogen (secondary N) is 2. The van der Waals surface area contributed by atoms with Gasteiger partial charge in [0, 0.05) is 25.0 Å². The molecule has 0 aliphatic carbocycles. The molecule has 3 aromatic rings. The fourth-order valence-electron chi connectivity index (χ4n) is 2.80. The highest BCUT2D eigenvalue weighted by atomic mass is 19.1. The minimum absolute atomic E-state index is 0.235. The number of halogens is 1. The summed E-state index contributed by atoms with van der Waals surface area (Å²) in [6, 6.07) is 12.4. The molecule has 1 aromatic carbocycles. The van der Waals surface area contributed by atoms with Gasteiger partial charge < -0.3 is 10.6 Å². The van der Waals surface area contributed by atoms with Gasteiger partial charge in [-0.1, -0.05) is 18.2 Å². The molecular weight excluding hydrogens is 355 g/mol. The molecular formula is C21H25FN6. The summed E-state index contributed by atoms with van der Waals surface area (Å²) in [5.74, 6) is 1.26. The first-order valence-corrected chi connectivity index (χ1v) is 9.30. The van der Waals surface area contributed by atoms with Crippen molar-refractivity contribution < 1.29 is 4.39 Å². The van der Waals surface area contributed by atoms with Crippen molar-refractivity contribution in [2.45, 2.75) is 33.9 Å². The Kier molecular flexibility index (Phi) is 6.37. The van der Waals surface area contributed by atoms with Crippen LogP contribution in [0.2, 0.25) is 0 Å². The van der Waals surface area contributed by atoms with Crippen molar-refractivity contribution in [3.05, 3.63) is 77.0 Å². The molecule has 146 valence electrons. The number of aromatic nitrogens is 3. The van der Waals surface area contributed by atoms with Gasteiger partial charge in [-0.2, -0.15) is 5.10 Å². The Morgan fingerprint density at radius 2 is 1.82 bits per heavy atom. The lowest BCUT2D eigenvalue weighted by Gasteiger charge is -2.11. The van der Waals surface area contributed by atoms with Crippen LogP contribution in [0.1, 0.15) is 29.4 Å². The standard InChI is InChI=1S/C21H25FN6/c1-4-23-21(25-12-17-5-8-19(22)9-6-17)26-14-18-7-10-20(24-13-18)28-16(3)11-15(2)27-28/h5-11,13H,4,12,14H2,1-3H3,(H2,23,25,26). The Hall–Kier alpha value is -3.22.